The van der Waals surface area contributed by atoms with E-state index in [1.54, 1.807) is 0 Å². The molecule has 21 heavy (non-hydrogen) atoms. The predicted molar refractivity (Wildman–Crippen MR) is 97.9 cm³/mol. The van der Waals surface area contributed by atoms with E-state index in [1.807, 2.05) is 0 Å². The van der Waals surface area contributed by atoms with Crippen molar-refractivity contribution in [2.45, 2.75) is 32.2 Å². The first kappa shape index (κ1) is 16.7. The summed E-state index contributed by atoms with van der Waals surface area (Å²) < 4.78 is 2.32. The van der Waals surface area contributed by atoms with E-state index in [0.29, 0.717) is 12.0 Å². The third kappa shape index (κ3) is 5.24. The summed E-state index contributed by atoms with van der Waals surface area (Å²) in [4.78, 5) is 0. The van der Waals surface area contributed by atoms with Gasteiger partial charge < -0.3 is 5.32 Å². The minimum atomic E-state index is 0.462. The Kier molecular flexibility index (Phi) is 6.46. The molecule has 0 aromatic heterocycles. The lowest BCUT2D eigenvalue weighted by atomic mass is 9.91. The van der Waals surface area contributed by atoms with Crippen LogP contribution in [0.15, 0.2) is 57.5 Å². The Morgan fingerprint density at radius 1 is 0.952 bits per heavy atom. The molecule has 1 nitrogen and oxygen atoms in total. The first-order valence-electron chi connectivity index (χ1n) is 7.28. The lowest BCUT2D eigenvalue weighted by molar-refractivity contribution is 0.526. The van der Waals surface area contributed by atoms with Crippen molar-refractivity contribution < 1.29 is 0 Å². The van der Waals surface area contributed by atoms with Crippen LogP contribution < -0.4 is 5.32 Å². The second-order valence-electron chi connectivity index (χ2n) is 5.61. The topological polar surface area (TPSA) is 12.0 Å². The average molecular weight is 411 g/mol. The molecule has 0 bridgehead atoms. The van der Waals surface area contributed by atoms with Crippen molar-refractivity contribution in [1.29, 1.82) is 0 Å². The number of nitrogens with one attached hydrogen (secondary N) is 1. The normalized spacial score (nSPS) is 12.6. The molecule has 0 aliphatic rings. The van der Waals surface area contributed by atoms with Gasteiger partial charge in [-0.15, -0.1) is 0 Å². The van der Waals surface area contributed by atoms with E-state index in [2.05, 4.69) is 99.6 Å². The quantitative estimate of drug-likeness (QED) is 0.659. The lowest BCUT2D eigenvalue weighted by Crippen LogP contribution is -2.29. The zero-order chi connectivity index (χ0) is 15.2. The monoisotopic (exact) mass is 409 g/mol. The van der Waals surface area contributed by atoms with Crippen molar-refractivity contribution in [3.05, 3.63) is 68.6 Å². The van der Waals surface area contributed by atoms with Crippen LogP contribution in [-0.2, 0) is 6.42 Å². The molecule has 2 aromatic carbocycles. The molecule has 0 fully saturated rings. The Morgan fingerprint density at radius 2 is 1.62 bits per heavy atom. The smallest absolute Gasteiger partial charge is 0.0210 e. The molecule has 1 N–H and O–H groups in total. The highest BCUT2D eigenvalue weighted by Gasteiger charge is 2.15. The van der Waals surface area contributed by atoms with Crippen molar-refractivity contribution in [1.82, 2.24) is 5.32 Å². The Labute approximate surface area is 144 Å². The van der Waals surface area contributed by atoms with Gasteiger partial charge >= 0.3 is 0 Å². The minimum Gasteiger partial charge on any atom is -0.314 e. The van der Waals surface area contributed by atoms with E-state index in [1.165, 1.54) is 15.6 Å². The Hall–Kier alpha value is -0.640. The summed E-state index contributed by atoms with van der Waals surface area (Å²) >= 11 is 7.19. The Balaban J connectivity index is 2.19. The molecule has 0 radical (unpaired) electrons. The van der Waals surface area contributed by atoms with E-state index < -0.39 is 0 Å². The molecule has 3 heteroatoms. The van der Waals surface area contributed by atoms with Crippen LogP contribution >= 0.6 is 31.9 Å². The van der Waals surface area contributed by atoms with E-state index in [9.17, 15) is 0 Å². The highest BCUT2D eigenvalue weighted by molar-refractivity contribution is 9.10. The van der Waals surface area contributed by atoms with Gasteiger partial charge in [-0.1, -0.05) is 76.0 Å². The Morgan fingerprint density at radius 3 is 2.24 bits per heavy atom. The van der Waals surface area contributed by atoms with Gasteiger partial charge in [0.1, 0.15) is 0 Å². The summed E-state index contributed by atoms with van der Waals surface area (Å²) in [6.45, 7) is 5.36. The van der Waals surface area contributed by atoms with E-state index >= 15 is 0 Å². The first-order chi connectivity index (χ1) is 10.1. The van der Waals surface area contributed by atoms with Crippen molar-refractivity contribution in [2.75, 3.05) is 6.54 Å². The maximum absolute atomic E-state index is 3.69. The molecule has 112 valence electrons. The fraction of sp³-hybridized carbons (Fsp3) is 0.333. The molecule has 0 amide bonds. The van der Waals surface area contributed by atoms with Gasteiger partial charge in [-0.2, -0.15) is 0 Å². The number of benzene rings is 2. The summed E-state index contributed by atoms with van der Waals surface area (Å²) in [5, 5.41) is 3.57. The molecule has 0 heterocycles. The van der Waals surface area contributed by atoms with Gasteiger partial charge in [0.15, 0.2) is 0 Å². The zero-order valence-electron chi connectivity index (χ0n) is 12.4. The van der Waals surface area contributed by atoms with Crippen molar-refractivity contribution in [3.63, 3.8) is 0 Å². The highest BCUT2D eigenvalue weighted by Crippen LogP contribution is 2.28. The van der Waals surface area contributed by atoms with Crippen LogP contribution in [-0.4, -0.2) is 12.6 Å². The molecule has 0 aliphatic heterocycles. The van der Waals surface area contributed by atoms with Crippen LogP contribution in [0.4, 0.5) is 0 Å². The molecule has 2 aromatic rings. The van der Waals surface area contributed by atoms with E-state index in [-0.39, 0.29) is 0 Å². The third-order valence-electron chi connectivity index (χ3n) is 3.51. The van der Waals surface area contributed by atoms with Gasteiger partial charge in [0.25, 0.3) is 0 Å². The molecule has 0 aliphatic carbocycles. The van der Waals surface area contributed by atoms with Crippen molar-refractivity contribution in [2.24, 2.45) is 0 Å². The summed E-state index contributed by atoms with van der Waals surface area (Å²) in [5.74, 6) is 0.462. The van der Waals surface area contributed by atoms with Crippen LogP contribution in [0.1, 0.15) is 30.9 Å². The van der Waals surface area contributed by atoms with Crippen LogP contribution in [0.25, 0.3) is 0 Å². The number of hydrogen-bond acceptors (Lipinski definition) is 1. The minimum absolute atomic E-state index is 0.462. The summed E-state index contributed by atoms with van der Waals surface area (Å²) in [5.41, 5.74) is 2.73. The molecular weight excluding hydrogens is 390 g/mol. The second-order valence-corrected chi connectivity index (χ2v) is 7.38. The van der Waals surface area contributed by atoms with Crippen LogP contribution in [0.2, 0.25) is 0 Å². The van der Waals surface area contributed by atoms with Crippen molar-refractivity contribution >= 4 is 31.9 Å². The predicted octanol–water partition coefficient (Wildman–Crippen LogP) is 5.54. The largest absolute Gasteiger partial charge is 0.314 e. The molecular formula is C18H21Br2N. The maximum Gasteiger partial charge on any atom is 0.0210 e. The van der Waals surface area contributed by atoms with Gasteiger partial charge in [-0.05, 0) is 35.7 Å². The summed E-state index contributed by atoms with van der Waals surface area (Å²) in [7, 11) is 0. The third-order valence-corrected chi connectivity index (χ3v) is 4.76. The molecule has 0 spiro atoms. The molecule has 1 atom stereocenters. The number of rotatable bonds is 6. The Bertz CT molecular complexity index is 564. The van der Waals surface area contributed by atoms with Crippen LogP contribution in [0, 0.1) is 0 Å². The van der Waals surface area contributed by atoms with Crippen LogP contribution in [0.3, 0.4) is 0 Å². The maximum atomic E-state index is 3.69. The first-order valence-corrected chi connectivity index (χ1v) is 8.87. The highest BCUT2D eigenvalue weighted by atomic mass is 79.9. The summed E-state index contributed by atoms with van der Waals surface area (Å²) in [6.07, 6.45) is 1.04. The summed E-state index contributed by atoms with van der Waals surface area (Å²) in [6, 6.07) is 17.6. The standard InChI is InChI=1S/C18H21Br2N/c1-13(2)21-12-15(17-5-3-4-6-18(17)20)11-14-7-9-16(19)10-8-14/h3-10,13,15,21H,11-12H2,1-2H3. The molecule has 1 unspecified atom stereocenters. The van der Waals surface area contributed by atoms with Crippen molar-refractivity contribution in [3.8, 4) is 0 Å². The van der Waals surface area contributed by atoms with E-state index in [0.717, 1.165) is 17.4 Å². The molecule has 0 saturated carbocycles. The van der Waals surface area contributed by atoms with Gasteiger partial charge in [0.2, 0.25) is 0 Å². The SMILES string of the molecule is CC(C)NCC(Cc1ccc(Br)cc1)c1ccccc1Br. The number of hydrogen-bond donors (Lipinski definition) is 1. The number of halogens is 2. The average Bonchev–Trinajstić information content (AvgIpc) is 2.46. The van der Waals surface area contributed by atoms with Gasteiger partial charge in [0, 0.05) is 27.4 Å². The molecule has 2 rings (SSSR count). The van der Waals surface area contributed by atoms with Gasteiger partial charge in [-0.3, -0.25) is 0 Å². The van der Waals surface area contributed by atoms with Gasteiger partial charge in [-0.25, -0.2) is 0 Å². The van der Waals surface area contributed by atoms with Crippen LogP contribution in [0.5, 0.6) is 0 Å². The molecule has 0 saturated heterocycles. The van der Waals surface area contributed by atoms with E-state index in [4.69, 9.17) is 0 Å². The lowest BCUT2D eigenvalue weighted by Gasteiger charge is -2.21. The van der Waals surface area contributed by atoms with Gasteiger partial charge in [0.05, 0.1) is 0 Å². The fourth-order valence-electron chi connectivity index (χ4n) is 2.38. The second kappa shape index (κ2) is 8.11. The fourth-order valence-corrected chi connectivity index (χ4v) is 3.25. The zero-order valence-corrected chi connectivity index (χ0v) is 15.6.